The van der Waals surface area contributed by atoms with Crippen LogP contribution >= 0.6 is 11.3 Å². The number of rotatable bonds is 11. The quantitative estimate of drug-likeness (QED) is 0.217. The second-order valence-corrected chi connectivity index (χ2v) is 9.76. The number of unbranched alkanes of at least 4 members (excludes halogenated alkanes) is 1. The Morgan fingerprint density at radius 3 is 2.49 bits per heavy atom. The first kappa shape index (κ1) is 28.3. The van der Waals surface area contributed by atoms with Crippen molar-refractivity contribution in [1.29, 1.82) is 0 Å². The average molecular weight is 507 g/mol. The summed E-state index contributed by atoms with van der Waals surface area (Å²) < 4.78 is 6.38. The summed E-state index contributed by atoms with van der Waals surface area (Å²) in [6.07, 6.45) is 2.09. The summed E-state index contributed by atoms with van der Waals surface area (Å²) in [7, 11) is 0. The van der Waals surface area contributed by atoms with E-state index in [0.29, 0.717) is 22.3 Å². The SMILES string of the molecule is CCCCOc1ccc(CC(C)(C)NCC(O)c2cc(O)cc3[nH]c(=O)sc23)cc1.O=C(O)CO. The van der Waals surface area contributed by atoms with E-state index in [1.165, 1.54) is 17.7 Å². The van der Waals surface area contributed by atoms with Gasteiger partial charge in [0.25, 0.3) is 0 Å². The van der Waals surface area contributed by atoms with Gasteiger partial charge in [-0.05, 0) is 50.5 Å². The van der Waals surface area contributed by atoms with Crippen LogP contribution in [0.3, 0.4) is 0 Å². The Labute approximate surface area is 208 Å². The maximum atomic E-state index is 11.7. The van der Waals surface area contributed by atoms with Gasteiger partial charge in [0.05, 0.1) is 22.9 Å². The minimum Gasteiger partial charge on any atom is -0.508 e. The molecule has 9 nitrogen and oxygen atoms in total. The van der Waals surface area contributed by atoms with Crippen molar-refractivity contribution in [2.75, 3.05) is 19.8 Å². The van der Waals surface area contributed by atoms with Crippen molar-refractivity contribution in [2.45, 2.75) is 51.7 Å². The predicted molar refractivity (Wildman–Crippen MR) is 136 cm³/mol. The van der Waals surface area contributed by atoms with E-state index >= 15 is 0 Å². The molecule has 0 aliphatic rings. The second kappa shape index (κ2) is 13.2. The summed E-state index contributed by atoms with van der Waals surface area (Å²) >= 11 is 1.04. The third kappa shape index (κ3) is 9.33. The highest BCUT2D eigenvalue weighted by Gasteiger charge is 2.22. The van der Waals surface area contributed by atoms with Crippen molar-refractivity contribution in [3.05, 3.63) is 57.2 Å². The molecule has 0 aliphatic carbocycles. The molecule has 3 aromatic rings. The van der Waals surface area contributed by atoms with Crippen molar-refractivity contribution in [3.8, 4) is 11.5 Å². The molecule has 0 aliphatic heterocycles. The Morgan fingerprint density at radius 1 is 1.23 bits per heavy atom. The van der Waals surface area contributed by atoms with Crippen LogP contribution in [0.15, 0.2) is 41.2 Å². The number of ether oxygens (including phenoxy) is 1. The number of aliphatic hydroxyl groups is 2. The number of H-pyrrole nitrogens is 1. The molecule has 0 saturated heterocycles. The molecule has 3 rings (SSSR count). The van der Waals surface area contributed by atoms with Crippen LogP contribution in [0.25, 0.3) is 10.2 Å². The Hall–Kier alpha value is -2.92. The number of thiazole rings is 1. The number of hydrogen-bond donors (Lipinski definition) is 6. The fraction of sp³-hybridized carbons (Fsp3) is 0.440. The number of phenolic OH excluding ortho intramolecular Hbond substituents is 1. The highest BCUT2D eigenvalue weighted by atomic mass is 32.1. The van der Waals surface area contributed by atoms with Crippen LogP contribution in [0.5, 0.6) is 11.5 Å². The van der Waals surface area contributed by atoms with Crippen molar-refractivity contribution < 1.29 is 30.0 Å². The van der Waals surface area contributed by atoms with Gasteiger partial charge in [-0.1, -0.05) is 36.8 Å². The number of hydrogen-bond acceptors (Lipinski definition) is 8. The summed E-state index contributed by atoms with van der Waals surface area (Å²) in [5.74, 6) is -0.289. The molecule has 1 heterocycles. The van der Waals surface area contributed by atoms with E-state index in [0.717, 1.165) is 43.0 Å². The van der Waals surface area contributed by atoms with Crippen LogP contribution in [0.2, 0.25) is 0 Å². The molecule has 0 spiro atoms. The summed E-state index contributed by atoms with van der Waals surface area (Å²) in [4.78, 5) is 23.3. The molecule has 0 fully saturated rings. The third-order valence-electron chi connectivity index (χ3n) is 5.14. The van der Waals surface area contributed by atoms with Gasteiger partial charge in [0.1, 0.15) is 18.1 Å². The molecule has 6 N–H and O–H groups in total. The molecule has 35 heavy (non-hydrogen) atoms. The lowest BCUT2D eigenvalue weighted by Crippen LogP contribution is -2.43. The van der Waals surface area contributed by atoms with Gasteiger partial charge in [0.15, 0.2) is 0 Å². The number of aromatic nitrogens is 1. The molecule has 192 valence electrons. The number of carboxylic acid groups (broad SMARTS) is 1. The molecule has 10 heteroatoms. The lowest BCUT2D eigenvalue weighted by molar-refractivity contribution is -0.140. The lowest BCUT2D eigenvalue weighted by atomic mass is 9.94. The molecule has 2 aromatic carbocycles. The first-order valence-electron chi connectivity index (χ1n) is 11.4. The fourth-order valence-electron chi connectivity index (χ4n) is 3.41. The van der Waals surface area contributed by atoms with E-state index in [4.69, 9.17) is 19.7 Å². The number of β-amino-alcohol motifs (C(OH)–C–C–N with tert-alkyl or cyclic N) is 1. The Morgan fingerprint density at radius 2 is 1.89 bits per heavy atom. The summed E-state index contributed by atoms with van der Waals surface area (Å²) in [6, 6.07) is 11.1. The molecule has 0 amide bonds. The fourth-order valence-corrected chi connectivity index (χ4v) is 4.29. The van der Waals surface area contributed by atoms with Crippen LogP contribution in [0, 0.1) is 0 Å². The average Bonchev–Trinajstić information content (AvgIpc) is 3.18. The number of fused-ring (bicyclic) bond motifs is 1. The maximum Gasteiger partial charge on any atom is 0.329 e. The number of nitrogens with one attached hydrogen (secondary N) is 2. The van der Waals surface area contributed by atoms with Crippen LogP contribution in [-0.4, -0.2) is 56.7 Å². The smallest absolute Gasteiger partial charge is 0.329 e. The van der Waals surface area contributed by atoms with Crippen LogP contribution < -0.4 is 14.9 Å². The zero-order valence-corrected chi connectivity index (χ0v) is 21.0. The van der Waals surface area contributed by atoms with Gasteiger partial charge in [-0.15, -0.1) is 0 Å². The van der Waals surface area contributed by atoms with Gasteiger partial charge in [0.2, 0.25) is 0 Å². The van der Waals surface area contributed by atoms with Crippen LogP contribution in [0.1, 0.15) is 50.8 Å². The van der Waals surface area contributed by atoms with Crippen molar-refractivity contribution >= 4 is 27.5 Å². The van der Waals surface area contributed by atoms with Gasteiger partial charge < -0.3 is 35.5 Å². The van der Waals surface area contributed by atoms with Gasteiger partial charge in [-0.3, -0.25) is 4.79 Å². The minimum atomic E-state index is -1.19. The minimum absolute atomic E-state index is 0.0195. The topological polar surface area (TPSA) is 152 Å². The normalized spacial score (nSPS) is 12.1. The number of benzene rings is 2. The molecular weight excluding hydrogens is 472 g/mol. The zero-order chi connectivity index (χ0) is 26.0. The maximum absolute atomic E-state index is 11.7. The van der Waals surface area contributed by atoms with Gasteiger partial charge in [-0.25, -0.2) is 4.79 Å². The van der Waals surface area contributed by atoms with Gasteiger partial charge >= 0.3 is 10.8 Å². The van der Waals surface area contributed by atoms with E-state index in [2.05, 4.69) is 43.2 Å². The summed E-state index contributed by atoms with van der Waals surface area (Å²) in [6.45, 7) is 6.56. The van der Waals surface area contributed by atoms with Crippen LogP contribution in [-0.2, 0) is 11.2 Å². The molecule has 1 atom stereocenters. The molecule has 1 aromatic heterocycles. The number of aliphatic hydroxyl groups excluding tert-OH is 2. The highest BCUT2D eigenvalue weighted by molar-refractivity contribution is 7.16. The lowest BCUT2D eigenvalue weighted by Gasteiger charge is -2.28. The number of aromatic amines is 1. The van der Waals surface area contributed by atoms with Gasteiger partial charge in [0, 0.05) is 23.7 Å². The number of phenols is 1. The number of aliphatic carboxylic acids is 1. The first-order valence-corrected chi connectivity index (χ1v) is 12.2. The molecule has 0 bridgehead atoms. The third-order valence-corrected chi connectivity index (χ3v) is 6.09. The molecule has 0 saturated carbocycles. The molecular formula is C25H34N2O7S. The standard InChI is InChI=1S/C23H30N2O4S.C2H4O3/c1-4-5-10-29-17-8-6-15(7-9-17)13-23(2,3)24-14-20(27)18-11-16(26)12-19-21(18)30-22(28)25-19;3-1-2(4)5/h6-9,11-12,20,24,26-27H,4-5,10,13-14H2,1-3H3,(H,25,28);3H,1H2,(H,4,5). The second-order valence-electron chi connectivity index (χ2n) is 8.78. The summed E-state index contributed by atoms with van der Waals surface area (Å²) in [5.41, 5.74) is 2.01. The van der Waals surface area contributed by atoms with E-state index < -0.39 is 18.7 Å². The zero-order valence-electron chi connectivity index (χ0n) is 20.2. The summed E-state index contributed by atoms with van der Waals surface area (Å²) in [5, 5.41) is 39.1. The first-order chi connectivity index (χ1) is 16.5. The van der Waals surface area contributed by atoms with E-state index in [1.807, 2.05) is 12.1 Å². The number of carboxylic acids is 1. The Balaban J connectivity index is 0.000000784. The van der Waals surface area contributed by atoms with Crippen molar-refractivity contribution in [3.63, 3.8) is 0 Å². The predicted octanol–water partition coefficient (Wildman–Crippen LogP) is 3.18. The molecule has 1 unspecified atom stereocenters. The largest absolute Gasteiger partial charge is 0.508 e. The number of carbonyl (C=O) groups is 1. The van der Waals surface area contributed by atoms with Crippen LogP contribution in [0.4, 0.5) is 0 Å². The van der Waals surface area contributed by atoms with Gasteiger partial charge in [-0.2, -0.15) is 0 Å². The Bertz CT molecular complexity index is 1140. The highest BCUT2D eigenvalue weighted by Crippen LogP contribution is 2.30. The number of aromatic hydroxyl groups is 1. The van der Waals surface area contributed by atoms with E-state index in [9.17, 15) is 15.0 Å². The van der Waals surface area contributed by atoms with Crippen molar-refractivity contribution in [2.24, 2.45) is 0 Å². The monoisotopic (exact) mass is 506 g/mol. The molecule has 0 radical (unpaired) electrons. The van der Waals surface area contributed by atoms with Crippen molar-refractivity contribution in [1.82, 2.24) is 10.3 Å². The Kier molecular flexibility index (Phi) is 10.7. The van der Waals surface area contributed by atoms with E-state index in [1.54, 1.807) is 0 Å². The van der Waals surface area contributed by atoms with E-state index in [-0.39, 0.29) is 16.2 Å².